The Bertz CT molecular complexity index is 455. The molecule has 0 radical (unpaired) electrons. The summed E-state index contributed by atoms with van der Waals surface area (Å²) in [6, 6.07) is 6.49. The van der Waals surface area contributed by atoms with Gasteiger partial charge in [-0.3, -0.25) is 0 Å². The van der Waals surface area contributed by atoms with Crippen molar-refractivity contribution in [2.45, 2.75) is 58.8 Å². The monoisotopic (exact) mass is 258 g/mol. The van der Waals surface area contributed by atoms with Crippen molar-refractivity contribution >= 4 is 0 Å². The summed E-state index contributed by atoms with van der Waals surface area (Å²) < 4.78 is 5.46. The lowest BCUT2D eigenvalue weighted by atomic mass is 9.85. The summed E-state index contributed by atoms with van der Waals surface area (Å²) >= 11 is 0. The molecule has 0 heterocycles. The minimum Gasteiger partial charge on any atom is -0.496 e. The van der Waals surface area contributed by atoms with Crippen LogP contribution in [0.2, 0.25) is 0 Å². The van der Waals surface area contributed by atoms with Gasteiger partial charge in [0.05, 0.1) is 7.11 Å². The van der Waals surface area contributed by atoms with Crippen LogP contribution in [0, 0.1) is 11.8 Å². The van der Waals surface area contributed by atoms with Gasteiger partial charge in [-0.1, -0.05) is 39.8 Å². The summed E-state index contributed by atoms with van der Waals surface area (Å²) in [5, 5.41) is 0. The highest BCUT2D eigenvalue weighted by atomic mass is 16.5. The van der Waals surface area contributed by atoms with E-state index in [1.807, 2.05) is 0 Å². The molecule has 1 aromatic carbocycles. The number of unbranched alkanes of at least 4 members (excludes halogenated alkanes) is 1. The summed E-state index contributed by atoms with van der Waals surface area (Å²) in [7, 11) is 1.74. The van der Waals surface area contributed by atoms with Gasteiger partial charge in [-0.15, -0.1) is 11.8 Å². The highest BCUT2D eigenvalue weighted by Gasteiger charge is 2.18. The van der Waals surface area contributed by atoms with Gasteiger partial charge in [-0.05, 0) is 35.4 Å². The Hall–Kier alpha value is -1.42. The van der Waals surface area contributed by atoms with Crippen LogP contribution in [0.15, 0.2) is 18.2 Å². The molecular weight excluding hydrogens is 232 g/mol. The lowest BCUT2D eigenvalue weighted by molar-refractivity contribution is 0.397. The van der Waals surface area contributed by atoms with E-state index in [9.17, 15) is 0 Å². The molecule has 1 aromatic rings. The zero-order valence-corrected chi connectivity index (χ0v) is 13.0. The first kappa shape index (κ1) is 15.6. The van der Waals surface area contributed by atoms with Crippen LogP contribution in [0.1, 0.15) is 58.1 Å². The molecule has 1 nitrogen and oxygen atoms in total. The second-order valence-electron chi connectivity index (χ2n) is 5.89. The molecule has 104 valence electrons. The van der Waals surface area contributed by atoms with Gasteiger partial charge in [0, 0.05) is 12.8 Å². The van der Waals surface area contributed by atoms with E-state index in [-0.39, 0.29) is 5.41 Å². The van der Waals surface area contributed by atoms with E-state index in [1.54, 1.807) is 7.11 Å². The van der Waals surface area contributed by atoms with Crippen molar-refractivity contribution in [2.24, 2.45) is 0 Å². The first-order valence-electron chi connectivity index (χ1n) is 7.12. The molecule has 0 N–H and O–H groups in total. The highest BCUT2D eigenvalue weighted by molar-refractivity contribution is 5.41. The van der Waals surface area contributed by atoms with E-state index in [0.29, 0.717) is 0 Å². The van der Waals surface area contributed by atoms with Crippen molar-refractivity contribution < 1.29 is 4.74 Å². The summed E-state index contributed by atoms with van der Waals surface area (Å²) in [6.07, 6.45) is 4.11. The second kappa shape index (κ2) is 7.24. The van der Waals surface area contributed by atoms with Gasteiger partial charge < -0.3 is 4.74 Å². The number of hydrogen-bond donors (Lipinski definition) is 0. The van der Waals surface area contributed by atoms with Crippen molar-refractivity contribution in [3.8, 4) is 17.6 Å². The molecule has 0 saturated carbocycles. The second-order valence-corrected chi connectivity index (χ2v) is 5.89. The number of benzene rings is 1. The number of rotatable bonds is 4. The zero-order valence-electron chi connectivity index (χ0n) is 13.0. The van der Waals surface area contributed by atoms with E-state index in [2.05, 4.69) is 57.7 Å². The Morgan fingerprint density at radius 1 is 1.11 bits per heavy atom. The Balaban J connectivity index is 2.79. The van der Waals surface area contributed by atoms with E-state index in [0.717, 1.165) is 31.4 Å². The molecular formula is C18H26O. The van der Waals surface area contributed by atoms with Crippen LogP contribution in [-0.4, -0.2) is 7.11 Å². The lowest BCUT2D eigenvalue weighted by Gasteiger charge is -2.22. The van der Waals surface area contributed by atoms with Crippen molar-refractivity contribution in [3.63, 3.8) is 0 Å². The third-order valence-corrected chi connectivity index (χ3v) is 3.11. The topological polar surface area (TPSA) is 9.23 Å². The number of ether oxygens (including phenoxy) is 1. The molecule has 0 bridgehead atoms. The summed E-state index contributed by atoms with van der Waals surface area (Å²) in [5.41, 5.74) is 2.72. The molecule has 0 unspecified atom stereocenters. The van der Waals surface area contributed by atoms with Gasteiger partial charge in [0.15, 0.2) is 0 Å². The van der Waals surface area contributed by atoms with Gasteiger partial charge in [0.2, 0.25) is 0 Å². The molecule has 0 aliphatic rings. The van der Waals surface area contributed by atoms with Crippen LogP contribution in [0.5, 0.6) is 5.75 Å². The molecule has 0 saturated heterocycles. The van der Waals surface area contributed by atoms with Crippen molar-refractivity contribution in [1.29, 1.82) is 0 Å². The van der Waals surface area contributed by atoms with Gasteiger partial charge in [-0.25, -0.2) is 0 Å². The largest absolute Gasteiger partial charge is 0.496 e. The fourth-order valence-electron chi connectivity index (χ4n) is 2.01. The van der Waals surface area contributed by atoms with Gasteiger partial charge in [0.25, 0.3) is 0 Å². The minimum atomic E-state index is 0.106. The standard InChI is InChI=1S/C18H26O/c1-6-7-8-9-10-11-15-12-13-17(19-5)16(14-15)18(2,3)4/h12-14H,6-7,10-11H2,1-5H3. The average molecular weight is 258 g/mol. The fraction of sp³-hybridized carbons (Fsp3) is 0.556. The highest BCUT2D eigenvalue weighted by Crippen LogP contribution is 2.32. The molecule has 0 fully saturated rings. The van der Waals surface area contributed by atoms with Crippen molar-refractivity contribution in [1.82, 2.24) is 0 Å². The van der Waals surface area contributed by atoms with Crippen LogP contribution in [0.25, 0.3) is 0 Å². The van der Waals surface area contributed by atoms with E-state index in [1.165, 1.54) is 11.1 Å². The molecule has 0 aliphatic carbocycles. The minimum absolute atomic E-state index is 0.106. The van der Waals surface area contributed by atoms with E-state index < -0.39 is 0 Å². The number of methoxy groups -OCH3 is 1. The van der Waals surface area contributed by atoms with Gasteiger partial charge in [-0.2, -0.15) is 0 Å². The smallest absolute Gasteiger partial charge is 0.122 e. The van der Waals surface area contributed by atoms with Crippen LogP contribution in [-0.2, 0) is 11.8 Å². The predicted molar refractivity (Wildman–Crippen MR) is 82.7 cm³/mol. The van der Waals surface area contributed by atoms with Crippen LogP contribution in [0.3, 0.4) is 0 Å². The maximum atomic E-state index is 5.46. The van der Waals surface area contributed by atoms with Crippen molar-refractivity contribution in [3.05, 3.63) is 29.3 Å². The molecule has 0 aliphatic heterocycles. The molecule has 0 amide bonds. The van der Waals surface area contributed by atoms with Crippen LogP contribution >= 0.6 is 0 Å². The van der Waals surface area contributed by atoms with Gasteiger partial charge in [0.1, 0.15) is 5.75 Å². The summed E-state index contributed by atoms with van der Waals surface area (Å²) in [6.45, 7) is 8.81. The van der Waals surface area contributed by atoms with Crippen molar-refractivity contribution in [2.75, 3.05) is 7.11 Å². The Morgan fingerprint density at radius 2 is 1.79 bits per heavy atom. The fourth-order valence-corrected chi connectivity index (χ4v) is 2.01. The molecule has 0 atom stereocenters. The summed E-state index contributed by atoms with van der Waals surface area (Å²) in [5.74, 6) is 7.42. The molecule has 0 spiro atoms. The maximum Gasteiger partial charge on any atom is 0.122 e. The number of hydrogen-bond acceptors (Lipinski definition) is 1. The third kappa shape index (κ3) is 4.99. The van der Waals surface area contributed by atoms with E-state index >= 15 is 0 Å². The zero-order chi connectivity index (χ0) is 14.3. The van der Waals surface area contributed by atoms with E-state index in [4.69, 9.17) is 4.74 Å². The third-order valence-electron chi connectivity index (χ3n) is 3.11. The predicted octanol–water partition coefficient (Wildman–Crippen LogP) is 4.73. The maximum absolute atomic E-state index is 5.46. The van der Waals surface area contributed by atoms with Crippen LogP contribution < -0.4 is 4.74 Å². The molecule has 1 heteroatoms. The molecule has 19 heavy (non-hydrogen) atoms. The average Bonchev–Trinajstić information content (AvgIpc) is 2.37. The Kier molecular flexibility index (Phi) is 5.96. The normalized spacial score (nSPS) is 10.8. The first-order chi connectivity index (χ1) is 8.99. The molecule has 0 aromatic heterocycles. The van der Waals surface area contributed by atoms with Crippen LogP contribution in [0.4, 0.5) is 0 Å². The Morgan fingerprint density at radius 3 is 2.37 bits per heavy atom. The van der Waals surface area contributed by atoms with Gasteiger partial charge >= 0.3 is 0 Å². The summed E-state index contributed by atoms with van der Waals surface area (Å²) in [4.78, 5) is 0. The molecule has 1 rings (SSSR count). The quantitative estimate of drug-likeness (QED) is 0.709. The lowest BCUT2D eigenvalue weighted by Crippen LogP contribution is -2.13. The number of aryl methyl sites for hydroxylation is 1. The Labute approximate surface area is 118 Å². The SMILES string of the molecule is CCCC#CCCc1ccc(OC)c(C(C)(C)C)c1. The first-order valence-corrected chi connectivity index (χ1v) is 7.12.